The third kappa shape index (κ3) is 3.11. The average Bonchev–Trinajstić information content (AvgIpc) is 3.23. The second kappa shape index (κ2) is 7.24. The van der Waals surface area contributed by atoms with E-state index in [2.05, 4.69) is 5.32 Å². The maximum absolute atomic E-state index is 12.8. The lowest BCUT2D eigenvalue weighted by Gasteiger charge is -2.08. The highest BCUT2D eigenvalue weighted by Gasteiger charge is 2.29. The van der Waals surface area contributed by atoms with E-state index in [0.29, 0.717) is 21.5 Å². The minimum Gasteiger partial charge on any atom is -0.462 e. The predicted octanol–water partition coefficient (Wildman–Crippen LogP) is 4.08. The summed E-state index contributed by atoms with van der Waals surface area (Å²) in [7, 11) is 0. The number of ether oxygens (including phenoxy) is 1. The number of hydrogen-bond donors (Lipinski definition) is 1. The molecule has 1 aliphatic rings. The Kier molecular flexibility index (Phi) is 4.77. The van der Waals surface area contributed by atoms with Crippen molar-refractivity contribution in [2.45, 2.75) is 33.1 Å². The number of nitrogens with one attached hydrogen (secondary N) is 1. The lowest BCUT2D eigenvalue weighted by Crippen LogP contribution is -2.17. The highest BCUT2D eigenvalue weighted by Crippen LogP contribution is 2.39. The molecule has 7 heteroatoms. The quantitative estimate of drug-likeness (QED) is 0.671. The van der Waals surface area contributed by atoms with E-state index >= 15 is 0 Å². The summed E-state index contributed by atoms with van der Waals surface area (Å²) in [6.07, 6.45) is 2.66. The van der Waals surface area contributed by atoms with Gasteiger partial charge in [0, 0.05) is 10.9 Å². The number of para-hydroxylation sites is 1. The van der Waals surface area contributed by atoms with Crippen LogP contribution >= 0.6 is 11.3 Å². The summed E-state index contributed by atoms with van der Waals surface area (Å²) in [6.45, 7) is 3.82. The molecule has 1 amide bonds. The van der Waals surface area contributed by atoms with Gasteiger partial charge in [0.1, 0.15) is 10.6 Å². The fourth-order valence-electron chi connectivity index (χ4n) is 3.51. The maximum atomic E-state index is 12.8. The number of fused-ring (bicyclic) bond motifs is 2. The van der Waals surface area contributed by atoms with Gasteiger partial charge in [-0.25, -0.2) is 4.79 Å². The van der Waals surface area contributed by atoms with Gasteiger partial charge in [-0.2, -0.15) is 0 Å². The molecule has 0 saturated carbocycles. The van der Waals surface area contributed by atoms with Crippen molar-refractivity contribution in [1.82, 2.24) is 0 Å². The number of hydrogen-bond acceptors (Lipinski definition) is 6. The average molecular weight is 397 g/mol. The number of amides is 1. The molecule has 0 aliphatic heterocycles. The van der Waals surface area contributed by atoms with Gasteiger partial charge in [-0.1, -0.05) is 12.1 Å². The molecule has 28 heavy (non-hydrogen) atoms. The van der Waals surface area contributed by atoms with Crippen LogP contribution in [0.5, 0.6) is 0 Å². The highest BCUT2D eigenvalue weighted by molar-refractivity contribution is 7.17. The van der Waals surface area contributed by atoms with Gasteiger partial charge in [0.2, 0.25) is 0 Å². The standard InChI is InChI=1S/C21H19NO5S/c1-3-26-21(25)17-13-8-5-9-16(13)28-20(17)22-19(24)15-10-14(23)12-7-4-6-11(2)18(12)27-15/h4,6-7,10H,3,5,8-9H2,1-2H3,(H,22,24). The number of anilines is 1. The molecule has 0 bridgehead atoms. The number of carbonyl (C=O) groups is 2. The number of esters is 1. The summed E-state index contributed by atoms with van der Waals surface area (Å²) in [5, 5.41) is 3.63. The van der Waals surface area contributed by atoms with Gasteiger partial charge >= 0.3 is 5.97 Å². The topological polar surface area (TPSA) is 85.6 Å². The molecular weight excluding hydrogens is 378 g/mol. The minimum atomic E-state index is -0.562. The van der Waals surface area contributed by atoms with E-state index in [1.165, 1.54) is 17.4 Å². The Balaban J connectivity index is 1.72. The molecule has 0 fully saturated rings. The zero-order valence-corrected chi connectivity index (χ0v) is 16.4. The van der Waals surface area contributed by atoms with Crippen LogP contribution in [-0.2, 0) is 17.6 Å². The van der Waals surface area contributed by atoms with E-state index < -0.39 is 11.9 Å². The van der Waals surface area contributed by atoms with Crippen LogP contribution in [-0.4, -0.2) is 18.5 Å². The van der Waals surface area contributed by atoms with Gasteiger partial charge in [-0.15, -0.1) is 11.3 Å². The Morgan fingerprint density at radius 3 is 2.89 bits per heavy atom. The van der Waals surface area contributed by atoms with Crippen LogP contribution in [0.2, 0.25) is 0 Å². The first-order chi connectivity index (χ1) is 13.5. The van der Waals surface area contributed by atoms with Crippen molar-refractivity contribution in [2.75, 3.05) is 11.9 Å². The van der Waals surface area contributed by atoms with Crippen molar-refractivity contribution in [1.29, 1.82) is 0 Å². The fourth-order valence-corrected chi connectivity index (χ4v) is 4.78. The normalized spacial score (nSPS) is 12.8. The molecule has 6 nitrogen and oxygen atoms in total. The SMILES string of the molecule is CCOC(=O)c1c(NC(=O)c2cc(=O)c3cccc(C)c3o2)sc2c1CCC2. The van der Waals surface area contributed by atoms with Crippen molar-refractivity contribution < 1.29 is 18.7 Å². The van der Waals surface area contributed by atoms with E-state index in [1.807, 2.05) is 13.0 Å². The Morgan fingerprint density at radius 1 is 1.29 bits per heavy atom. The number of thiophene rings is 1. The van der Waals surface area contributed by atoms with Crippen LogP contribution in [0.3, 0.4) is 0 Å². The summed E-state index contributed by atoms with van der Waals surface area (Å²) in [5.74, 6) is -1.09. The number of carbonyl (C=O) groups excluding carboxylic acids is 2. The van der Waals surface area contributed by atoms with Crippen molar-refractivity contribution >= 4 is 39.2 Å². The molecule has 144 valence electrons. The Morgan fingerprint density at radius 2 is 2.11 bits per heavy atom. The summed E-state index contributed by atoms with van der Waals surface area (Å²) in [6, 6.07) is 6.43. The zero-order chi connectivity index (χ0) is 19.8. The van der Waals surface area contributed by atoms with Crippen molar-refractivity contribution in [2.24, 2.45) is 0 Å². The first-order valence-electron chi connectivity index (χ1n) is 9.16. The molecule has 1 N–H and O–H groups in total. The van der Waals surface area contributed by atoms with Gasteiger partial charge in [-0.3, -0.25) is 9.59 Å². The smallest absolute Gasteiger partial charge is 0.341 e. The van der Waals surface area contributed by atoms with Crippen molar-refractivity contribution in [3.05, 3.63) is 61.8 Å². The van der Waals surface area contributed by atoms with Crippen LogP contribution in [0, 0.1) is 6.92 Å². The highest BCUT2D eigenvalue weighted by atomic mass is 32.1. The predicted molar refractivity (Wildman–Crippen MR) is 107 cm³/mol. The van der Waals surface area contributed by atoms with E-state index in [9.17, 15) is 14.4 Å². The lowest BCUT2D eigenvalue weighted by molar-refractivity contribution is 0.0527. The third-order valence-electron chi connectivity index (χ3n) is 4.80. The van der Waals surface area contributed by atoms with E-state index in [0.717, 1.165) is 35.3 Å². The van der Waals surface area contributed by atoms with Gasteiger partial charge in [0.25, 0.3) is 5.91 Å². The lowest BCUT2D eigenvalue weighted by atomic mass is 10.1. The number of rotatable bonds is 4. The van der Waals surface area contributed by atoms with Crippen LogP contribution in [0.1, 0.15) is 50.3 Å². The molecule has 0 radical (unpaired) electrons. The summed E-state index contributed by atoms with van der Waals surface area (Å²) >= 11 is 1.38. The summed E-state index contributed by atoms with van der Waals surface area (Å²) < 4.78 is 10.9. The second-order valence-corrected chi connectivity index (χ2v) is 7.77. The van der Waals surface area contributed by atoms with Gasteiger partial charge < -0.3 is 14.5 Å². The molecule has 1 aromatic carbocycles. The number of aryl methyl sites for hydroxylation is 2. The Bertz CT molecular complexity index is 1160. The second-order valence-electron chi connectivity index (χ2n) is 6.66. The molecule has 4 rings (SSSR count). The molecule has 2 heterocycles. The summed E-state index contributed by atoms with van der Waals surface area (Å²) in [4.78, 5) is 38.7. The van der Waals surface area contributed by atoms with Crippen LogP contribution < -0.4 is 10.7 Å². The van der Waals surface area contributed by atoms with Gasteiger partial charge in [0.15, 0.2) is 11.2 Å². The monoisotopic (exact) mass is 397 g/mol. The Hall–Kier alpha value is -2.93. The van der Waals surface area contributed by atoms with E-state index in [-0.39, 0.29) is 17.8 Å². The zero-order valence-electron chi connectivity index (χ0n) is 15.6. The first kappa shape index (κ1) is 18.4. The van der Waals surface area contributed by atoms with Crippen LogP contribution in [0.25, 0.3) is 11.0 Å². The van der Waals surface area contributed by atoms with E-state index in [1.54, 1.807) is 19.1 Å². The molecule has 2 aromatic heterocycles. The number of benzene rings is 1. The van der Waals surface area contributed by atoms with Gasteiger partial charge in [0.05, 0.1) is 17.6 Å². The van der Waals surface area contributed by atoms with Crippen molar-refractivity contribution in [3.63, 3.8) is 0 Å². The molecule has 0 saturated heterocycles. The molecule has 0 spiro atoms. The summed E-state index contributed by atoms with van der Waals surface area (Å²) in [5.41, 5.74) is 2.25. The third-order valence-corrected chi connectivity index (χ3v) is 6.01. The van der Waals surface area contributed by atoms with Crippen LogP contribution in [0.15, 0.2) is 33.5 Å². The molecule has 0 unspecified atom stereocenters. The largest absolute Gasteiger partial charge is 0.462 e. The first-order valence-corrected chi connectivity index (χ1v) is 9.97. The molecular formula is C21H19NO5S. The van der Waals surface area contributed by atoms with E-state index in [4.69, 9.17) is 9.15 Å². The van der Waals surface area contributed by atoms with Crippen molar-refractivity contribution in [3.8, 4) is 0 Å². The minimum absolute atomic E-state index is 0.0878. The molecule has 0 atom stereocenters. The molecule has 3 aromatic rings. The Labute approximate surface area is 165 Å². The maximum Gasteiger partial charge on any atom is 0.341 e. The van der Waals surface area contributed by atoms with Gasteiger partial charge in [-0.05, 0) is 50.3 Å². The fraction of sp³-hybridized carbons (Fsp3) is 0.286. The molecule has 1 aliphatic carbocycles. The van der Waals surface area contributed by atoms with Crippen LogP contribution in [0.4, 0.5) is 5.00 Å².